The Bertz CT molecular complexity index is 293. The lowest BCUT2D eigenvalue weighted by molar-refractivity contribution is -0.116. The van der Waals surface area contributed by atoms with Crippen LogP contribution in [0.5, 0.6) is 0 Å². The molecule has 1 unspecified atom stereocenters. The largest absolute Gasteiger partial charge is 0.369 e. The van der Waals surface area contributed by atoms with Crippen LogP contribution in [-0.2, 0) is 4.79 Å². The van der Waals surface area contributed by atoms with E-state index in [1.165, 1.54) is 17.7 Å². The molecule has 1 heterocycles. The number of carbonyl (C=O) groups excluding carboxylic acids is 1. The highest BCUT2D eigenvalue weighted by atomic mass is 32.2. The predicted octanol–water partition coefficient (Wildman–Crippen LogP) is 2.02. The molecule has 0 bridgehead atoms. The Morgan fingerprint density at radius 3 is 2.85 bits per heavy atom. The van der Waals surface area contributed by atoms with E-state index in [1.54, 1.807) is 0 Å². The Labute approximate surface area is 82.2 Å². The molecule has 0 spiro atoms. The maximum absolute atomic E-state index is 11.5. The third-order valence-corrected chi connectivity index (χ3v) is 4.42. The highest BCUT2D eigenvalue weighted by Crippen LogP contribution is 2.47. The van der Waals surface area contributed by atoms with E-state index >= 15 is 0 Å². The smallest absolute Gasteiger partial charge is 0.179 e. The Morgan fingerprint density at radius 1 is 1.31 bits per heavy atom. The van der Waals surface area contributed by atoms with Gasteiger partial charge in [0, 0.05) is 11.3 Å². The van der Waals surface area contributed by atoms with Gasteiger partial charge in [0.25, 0.3) is 0 Å². The quantitative estimate of drug-likeness (QED) is 0.694. The lowest BCUT2D eigenvalue weighted by Crippen LogP contribution is -2.26. The molecule has 2 nitrogen and oxygen atoms in total. The minimum Gasteiger partial charge on any atom is -0.369 e. The van der Waals surface area contributed by atoms with Gasteiger partial charge in [-0.05, 0) is 31.6 Å². The molecule has 0 radical (unpaired) electrons. The van der Waals surface area contributed by atoms with E-state index < -0.39 is 0 Å². The minimum absolute atomic E-state index is 0.344. The van der Waals surface area contributed by atoms with Crippen LogP contribution in [0.15, 0.2) is 10.6 Å². The molecular weight excluding hydrogens is 182 g/mol. The van der Waals surface area contributed by atoms with E-state index in [4.69, 9.17) is 0 Å². The van der Waals surface area contributed by atoms with Gasteiger partial charge in [0.05, 0.1) is 11.1 Å². The average Bonchev–Trinajstić information content (AvgIpc) is 2.87. The minimum atomic E-state index is 0.344. The van der Waals surface area contributed by atoms with Crippen molar-refractivity contribution < 1.29 is 4.79 Å². The molecule has 0 amide bonds. The second kappa shape index (κ2) is 2.77. The fourth-order valence-corrected chi connectivity index (χ4v) is 3.53. The number of carbonyl (C=O) groups is 1. The Hall–Kier alpha value is -0.440. The number of thioether (sulfide) groups is 1. The first-order chi connectivity index (χ1) is 6.34. The van der Waals surface area contributed by atoms with Crippen molar-refractivity contribution in [1.29, 1.82) is 0 Å². The summed E-state index contributed by atoms with van der Waals surface area (Å²) in [6.45, 7) is 0. The van der Waals surface area contributed by atoms with Crippen LogP contribution in [0.2, 0.25) is 0 Å². The normalized spacial score (nSPS) is 33.2. The molecule has 0 aromatic carbocycles. The number of rotatable bonds is 1. The van der Waals surface area contributed by atoms with Crippen molar-refractivity contribution in [3.05, 3.63) is 10.6 Å². The van der Waals surface area contributed by atoms with Gasteiger partial charge in [-0.25, -0.2) is 0 Å². The van der Waals surface area contributed by atoms with Crippen LogP contribution < -0.4 is 5.32 Å². The van der Waals surface area contributed by atoms with Crippen LogP contribution in [0.3, 0.4) is 0 Å². The highest BCUT2D eigenvalue weighted by Gasteiger charge is 2.39. The van der Waals surface area contributed by atoms with Gasteiger partial charge in [-0.1, -0.05) is 0 Å². The van der Waals surface area contributed by atoms with Crippen molar-refractivity contribution in [2.24, 2.45) is 5.92 Å². The van der Waals surface area contributed by atoms with Gasteiger partial charge in [-0.2, -0.15) is 0 Å². The Kier molecular flexibility index (Phi) is 1.69. The van der Waals surface area contributed by atoms with Gasteiger partial charge in [-0.3, -0.25) is 4.79 Å². The number of allylic oxidation sites excluding steroid dienone is 2. The van der Waals surface area contributed by atoms with E-state index in [0.717, 1.165) is 30.9 Å². The Balaban J connectivity index is 1.80. The van der Waals surface area contributed by atoms with Crippen molar-refractivity contribution in [3.63, 3.8) is 0 Å². The molecule has 1 atom stereocenters. The van der Waals surface area contributed by atoms with Crippen molar-refractivity contribution >= 4 is 17.5 Å². The first-order valence-electron chi connectivity index (χ1n) is 5.04. The van der Waals surface area contributed by atoms with E-state index in [1.807, 2.05) is 11.8 Å². The second-order valence-electron chi connectivity index (χ2n) is 4.10. The SMILES string of the molecule is O=C1CCCC2=C1NC(C1CC1)S2. The van der Waals surface area contributed by atoms with Gasteiger partial charge < -0.3 is 5.32 Å². The fourth-order valence-electron chi connectivity index (χ4n) is 2.03. The third-order valence-electron chi connectivity index (χ3n) is 2.97. The molecule has 0 aromatic rings. The van der Waals surface area contributed by atoms with Crippen LogP contribution in [0.25, 0.3) is 0 Å². The average molecular weight is 195 g/mol. The molecule has 1 fully saturated rings. The number of hydrogen-bond acceptors (Lipinski definition) is 3. The molecule has 13 heavy (non-hydrogen) atoms. The molecule has 3 aliphatic rings. The molecule has 0 aromatic heterocycles. The van der Waals surface area contributed by atoms with Gasteiger partial charge in [0.1, 0.15) is 0 Å². The predicted molar refractivity (Wildman–Crippen MR) is 53.1 cm³/mol. The van der Waals surface area contributed by atoms with E-state index in [-0.39, 0.29) is 0 Å². The zero-order chi connectivity index (χ0) is 8.84. The van der Waals surface area contributed by atoms with Crippen molar-refractivity contribution in [2.75, 3.05) is 0 Å². The van der Waals surface area contributed by atoms with Crippen LogP contribution >= 0.6 is 11.8 Å². The molecule has 1 saturated carbocycles. The summed E-state index contributed by atoms with van der Waals surface area (Å²) in [6, 6.07) is 0. The maximum Gasteiger partial charge on any atom is 0.179 e. The van der Waals surface area contributed by atoms with Gasteiger partial charge in [0.2, 0.25) is 0 Å². The second-order valence-corrected chi connectivity index (χ2v) is 5.33. The number of ketones is 1. The number of nitrogens with one attached hydrogen (secondary N) is 1. The lowest BCUT2D eigenvalue weighted by Gasteiger charge is -2.11. The highest BCUT2D eigenvalue weighted by molar-refractivity contribution is 8.04. The van der Waals surface area contributed by atoms with Crippen molar-refractivity contribution in [3.8, 4) is 0 Å². The summed E-state index contributed by atoms with van der Waals surface area (Å²) in [4.78, 5) is 12.9. The van der Waals surface area contributed by atoms with Gasteiger partial charge >= 0.3 is 0 Å². The fraction of sp³-hybridized carbons (Fsp3) is 0.700. The molecule has 1 N–H and O–H groups in total. The van der Waals surface area contributed by atoms with Crippen LogP contribution in [0.1, 0.15) is 32.1 Å². The monoisotopic (exact) mass is 195 g/mol. The lowest BCUT2D eigenvalue weighted by atomic mass is 10.0. The van der Waals surface area contributed by atoms with Gasteiger partial charge in [-0.15, -0.1) is 11.8 Å². The Morgan fingerprint density at radius 2 is 2.15 bits per heavy atom. The van der Waals surface area contributed by atoms with E-state index in [2.05, 4.69) is 5.32 Å². The molecule has 2 aliphatic carbocycles. The first kappa shape index (κ1) is 7.92. The van der Waals surface area contributed by atoms with E-state index in [0.29, 0.717) is 11.2 Å². The zero-order valence-corrected chi connectivity index (χ0v) is 8.32. The van der Waals surface area contributed by atoms with Gasteiger partial charge in [0.15, 0.2) is 5.78 Å². The summed E-state index contributed by atoms with van der Waals surface area (Å²) in [5.74, 6) is 1.18. The number of Topliss-reactive ketones (excluding diaryl/α,β-unsaturated/α-hetero) is 1. The molecule has 3 heteroatoms. The number of hydrogen-bond donors (Lipinski definition) is 1. The van der Waals surface area contributed by atoms with Crippen molar-refractivity contribution in [1.82, 2.24) is 5.32 Å². The molecule has 1 aliphatic heterocycles. The standard InChI is InChI=1S/C10H13NOS/c12-7-2-1-3-8-9(7)11-10(13-8)6-4-5-6/h6,10-11H,1-5H2. The van der Waals surface area contributed by atoms with Crippen LogP contribution in [0, 0.1) is 5.92 Å². The summed E-state index contributed by atoms with van der Waals surface area (Å²) in [5, 5.41) is 3.93. The summed E-state index contributed by atoms with van der Waals surface area (Å²) in [7, 11) is 0. The molecule has 3 rings (SSSR count). The third kappa shape index (κ3) is 1.30. The zero-order valence-electron chi connectivity index (χ0n) is 7.51. The summed E-state index contributed by atoms with van der Waals surface area (Å²) in [5.41, 5.74) is 0.966. The molecule has 0 saturated heterocycles. The topological polar surface area (TPSA) is 29.1 Å². The maximum atomic E-state index is 11.5. The van der Waals surface area contributed by atoms with Crippen LogP contribution in [0.4, 0.5) is 0 Å². The molecule has 70 valence electrons. The summed E-state index contributed by atoms with van der Waals surface area (Å²) >= 11 is 1.92. The van der Waals surface area contributed by atoms with E-state index in [9.17, 15) is 4.79 Å². The van der Waals surface area contributed by atoms with Crippen LogP contribution in [-0.4, -0.2) is 11.2 Å². The van der Waals surface area contributed by atoms with Crippen molar-refractivity contribution in [2.45, 2.75) is 37.5 Å². The molecular formula is C10H13NOS. The summed E-state index contributed by atoms with van der Waals surface area (Å²) < 4.78 is 0. The first-order valence-corrected chi connectivity index (χ1v) is 5.92. The summed E-state index contributed by atoms with van der Waals surface area (Å²) in [6.07, 6.45) is 5.63.